The van der Waals surface area contributed by atoms with E-state index in [1.54, 1.807) is 13.0 Å². The van der Waals surface area contributed by atoms with Crippen LogP contribution in [0.4, 0.5) is 0 Å². The zero-order valence-electron chi connectivity index (χ0n) is 10.3. The van der Waals surface area contributed by atoms with Crippen molar-refractivity contribution in [1.82, 2.24) is 15.5 Å². The van der Waals surface area contributed by atoms with Gasteiger partial charge in [-0.05, 0) is 31.5 Å². The van der Waals surface area contributed by atoms with E-state index in [2.05, 4.69) is 21.5 Å². The van der Waals surface area contributed by atoms with Gasteiger partial charge in [0.25, 0.3) is 0 Å². The second kappa shape index (κ2) is 5.43. The first-order chi connectivity index (χ1) is 8.69. The second-order valence-electron chi connectivity index (χ2n) is 4.08. The lowest BCUT2D eigenvalue weighted by Gasteiger charge is -2.12. The number of nitriles is 1. The van der Waals surface area contributed by atoms with Gasteiger partial charge in [0.15, 0.2) is 5.82 Å². The monoisotopic (exact) mass is 242 g/mol. The number of benzene rings is 1. The maximum atomic E-state index is 8.85. The average molecular weight is 242 g/mol. The van der Waals surface area contributed by atoms with Gasteiger partial charge in [0.05, 0.1) is 18.2 Å². The fourth-order valence-corrected chi connectivity index (χ4v) is 1.65. The summed E-state index contributed by atoms with van der Waals surface area (Å²) >= 11 is 0. The minimum Gasteiger partial charge on any atom is -0.338 e. The summed E-state index contributed by atoms with van der Waals surface area (Å²) < 4.78 is 5.02. The maximum absolute atomic E-state index is 8.85. The topological polar surface area (TPSA) is 74.7 Å². The molecule has 92 valence electrons. The summed E-state index contributed by atoms with van der Waals surface area (Å²) in [5.74, 6) is 1.20. The zero-order chi connectivity index (χ0) is 13.0. The third kappa shape index (κ3) is 2.93. The van der Waals surface area contributed by atoms with E-state index in [1.165, 1.54) is 0 Å². The number of hydrogen-bond acceptors (Lipinski definition) is 5. The minimum atomic E-state index is 0.116. The summed E-state index contributed by atoms with van der Waals surface area (Å²) in [6.07, 6.45) is 0. The largest absolute Gasteiger partial charge is 0.338 e. The Kier molecular flexibility index (Phi) is 3.70. The van der Waals surface area contributed by atoms with Crippen LogP contribution in [0.25, 0.3) is 0 Å². The van der Waals surface area contributed by atoms with Crippen molar-refractivity contribution in [2.24, 2.45) is 0 Å². The van der Waals surface area contributed by atoms with Crippen LogP contribution in [0.3, 0.4) is 0 Å². The highest BCUT2D eigenvalue weighted by Crippen LogP contribution is 2.14. The third-order valence-electron chi connectivity index (χ3n) is 2.64. The maximum Gasteiger partial charge on any atom is 0.240 e. The zero-order valence-corrected chi connectivity index (χ0v) is 10.3. The van der Waals surface area contributed by atoms with E-state index in [4.69, 9.17) is 9.78 Å². The molecule has 5 nitrogen and oxygen atoms in total. The van der Waals surface area contributed by atoms with Gasteiger partial charge in [-0.3, -0.25) is 0 Å². The van der Waals surface area contributed by atoms with Gasteiger partial charge in [0.2, 0.25) is 5.89 Å². The van der Waals surface area contributed by atoms with Crippen molar-refractivity contribution in [1.29, 1.82) is 5.26 Å². The summed E-state index contributed by atoms with van der Waals surface area (Å²) in [5, 5.41) is 15.9. The molecule has 0 saturated carbocycles. The van der Waals surface area contributed by atoms with Crippen LogP contribution >= 0.6 is 0 Å². The van der Waals surface area contributed by atoms with E-state index in [1.807, 2.05) is 25.1 Å². The summed E-state index contributed by atoms with van der Waals surface area (Å²) in [5.41, 5.74) is 1.72. The quantitative estimate of drug-likeness (QED) is 0.888. The van der Waals surface area contributed by atoms with E-state index in [-0.39, 0.29) is 6.04 Å². The number of rotatable bonds is 4. The average Bonchev–Trinajstić information content (AvgIpc) is 2.82. The molecule has 2 rings (SSSR count). The number of nitrogens with zero attached hydrogens (tertiary/aromatic N) is 3. The summed E-state index contributed by atoms with van der Waals surface area (Å²) in [6.45, 7) is 4.32. The predicted molar refractivity (Wildman–Crippen MR) is 65.4 cm³/mol. The molecular formula is C13H14N4O. The molecule has 0 aliphatic rings. The molecule has 5 heteroatoms. The van der Waals surface area contributed by atoms with E-state index in [0.29, 0.717) is 23.8 Å². The van der Waals surface area contributed by atoms with E-state index >= 15 is 0 Å². The molecule has 0 saturated heterocycles. The highest BCUT2D eigenvalue weighted by Gasteiger charge is 2.08. The first-order valence-corrected chi connectivity index (χ1v) is 5.71. The van der Waals surface area contributed by atoms with Crippen molar-refractivity contribution < 1.29 is 4.52 Å². The second-order valence-corrected chi connectivity index (χ2v) is 4.08. The van der Waals surface area contributed by atoms with Crippen molar-refractivity contribution in [3.05, 3.63) is 47.1 Å². The molecule has 1 N–H and O–H groups in total. The van der Waals surface area contributed by atoms with Crippen LogP contribution < -0.4 is 5.32 Å². The Labute approximate surface area is 105 Å². The summed E-state index contributed by atoms with van der Waals surface area (Å²) in [7, 11) is 0. The Balaban J connectivity index is 1.99. The van der Waals surface area contributed by atoms with Crippen LogP contribution in [-0.4, -0.2) is 10.1 Å². The lowest BCUT2D eigenvalue weighted by molar-refractivity contribution is 0.357. The molecule has 18 heavy (non-hydrogen) atoms. The minimum absolute atomic E-state index is 0.116. The Morgan fingerprint density at radius 1 is 1.50 bits per heavy atom. The van der Waals surface area contributed by atoms with Crippen molar-refractivity contribution in [2.45, 2.75) is 26.4 Å². The number of hydrogen-bond donors (Lipinski definition) is 1. The van der Waals surface area contributed by atoms with Crippen LogP contribution in [0.1, 0.15) is 35.8 Å². The first kappa shape index (κ1) is 12.3. The molecule has 1 atom stereocenters. The third-order valence-corrected chi connectivity index (χ3v) is 2.64. The van der Waals surface area contributed by atoms with Gasteiger partial charge in [0, 0.05) is 6.04 Å². The Morgan fingerprint density at radius 2 is 2.33 bits per heavy atom. The highest BCUT2D eigenvalue weighted by atomic mass is 16.5. The number of aromatic nitrogens is 2. The Bertz CT molecular complexity index is 570. The van der Waals surface area contributed by atoms with Crippen LogP contribution in [0.2, 0.25) is 0 Å². The van der Waals surface area contributed by atoms with Gasteiger partial charge in [-0.25, -0.2) is 0 Å². The van der Waals surface area contributed by atoms with Crippen LogP contribution in [0.5, 0.6) is 0 Å². The van der Waals surface area contributed by atoms with Gasteiger partial charge in [-0.2, -0.15) is 10.2 Å². The van der Waals surface area contributed by atoms with Crippen molar-refractivity contribution in [3.63, 3.8) is 0 Å². The first-order valence-electron chi connectivity index (χ1n) is 5.71. The van der Waals surface area contributed by atoms with Crippen molar-refractivity contribution in [3.8, 4) is 6.07 Å². The normalized spacial score (nSPS) is 12.1. The van der Waals surface area contributed by atoms with E-state index in [9.17, 15) is 0 Å². The molecule has 0 aliphatic carbocycles. The molecule has 0 spiro atoms. The molecule has 1 unspecified atom stereocenters. The van der Waals surface area contributed by atoms with Gasteiger partial charge >= 0.3 is 0 Å². The van der Waals surface area contributed by atoms with Crippen molar-refractivity contribution in [2.75, 3.05) is 0 Å². The van der Waals surface area contributed by atoms with Gasteiger partial charge in [-0.15, -0.1) is 0 Å². The number of nitrogens with one attached hydrogen (secondary N) is 1. The summed E-state index contributed by atoms with van der Waals surface area (Å²) in [4.78, 5) is 4.12. The Morgan fingerprint density at radius 3 is 3.00 bits per heavy atom. The van der Waals surface area contributed by atoms with Crippen molar-refractivity contribution >= 4 is 0 Å². The molecule has 2 aromatic rings. The molecular weight excluding hydrogens is 228 g/mol. The summed E-state index contributed by atoms with van der Waals surface area (Å²) in [6, 6.07) is 9.77. The SMILES string of the molecule is Cc1noc(CNC(C)c2cccc(C#N)c2)n1. The lowest BCUT2D eigenvalue weighted by Crippen LogP contribution is -2.18. The fraction of sp³-hybridized carbons (Fsp3) is 0.308. The van der Waals surface area contributed by atoms with Crippen LogP contribution in [-0.2, 0) is 6.54 Å². The Hall–Kier alpha value is -2.19. The molecule has 0 amide bonds. The van der Waals surface area contributed by atoms with E-state index in [0.717, 1.165) is 5.56 Å². The highest BCUT2D eigenvalue weighted by molar-refractivity contribution is 5.33. The number of aryl methyl sites for hydroxylation is 1. The molecule has 1 aromatic carbocycles. The van der Waals surface area contributed by atoms with E-state index < -0.39 is 0 Å². The molecule has 0 bridgehead atoms. The standard InChI is InChI=1S/C13H14N4O/c1-9(12-5-3-4-11(6-12)7-14)15-8-13-16-10(2)17-18-13/h3-6,9,15H,8H2,1-2H3. The molecule has 0 aliphatic heterocycles. The smallest absolute Gasteiger partial charge is 0.240 e. The molecule has 1 aromatic heterocycles. The van der Waals surface area contributed by atoms with Gasteiger partial charge in [-0.1, -0.05) is 17.3 Å². The lowest BCUT2D eigenvalue weighted by atomic mass is 10.1. The molecule has 0 radical (unpaired) electrons. The molecule has 0 fully saturated rings. The van der Waals surface area contributed by atoms with Crippen LogP contribution in [0, 0.1) is 18.3 Å². The van der Waals surface area contributed by atoms with Crippen LogP contribution in [0.15, 0.2) is 28.8 Å². The molecule has 1 heterocycles. The fourth-order valence-electron chi connectivity index (χ4n) is 1.65. The van der Waals surface area contributed by atoms with Gasteiger partial charge in [0.1, 0.15) is 0 Å². The van der Waals surface area contributed by atoms with Gasteiger partial charge < -0.3 is 9.84 Å². The predicted octanol–water partition coefficient (Wildman–Crippen LogP) is 2.10.